The third-order valence-corrected chi connectivity index (χ3v) is 4.97. The molecular weight excluding hydrogens is 356 g/mol. The van der Waals surface area contributed by atoms with Crippen molar-refractivity contribution in [3.05, 3.63) is 29.3 Å². The summed E-state index contributed by atoms with van der Waals surface area (Å²) in [5.74, 6) is 0.227. The second-order valence-electron chi connectivity index (χ2n) is 4.69. The van der Waals surface area contributed by atoms with Gasteiger partial charge in [-0.2, -0.15) is 0 Å². The zero-order valence-electron chi connectivity index (χ0n) is 12.7. The SMILES string of the molecule is COC[C@@H](C)NC(=O)CSc1nnc(Nc2ccccc2Cl)s1. The molecule has 2 aromatic rings. The first kappa shape index (κ1) is 18.0. The number of carbonyl (C=O) groups excluding carboxylic acids is 1. The molecule has 0 aliphatic carbocycles. The highest BCUT2D eigenvalue weighted by Crippen LogP contribution is 2.30. The van der Waals surface area contributed by atoms with Gasteiger partial charge in [-0.15, -0.1) is 10.2 Å². The minimum atomic E-state index is -0.0598. The van der Waals surface area contributed by atoms with Crippen LogP contribution in [0.5, 0.6) is 0 Å². The fourth-order valence-electron chi connectivity index (χ4n) is 1.73. The summed E-state index contributed by atoms with van der Waals surface area (Å²) in [5.41, 5.74) is 0.771. The number of carbonyl (C=O) groups is 1. The molecule has 0 aliphatic heterocycles. The number of benzene rings is 1. The average Bonchev–Trinajstić information content (AvgIpc) is 2.95. The Morgan fingerprint density at radius 1 is 1.43 bits per heavy atom. The molecule has 9 heteroatoms. The lowest BCUT2D eigenvalue weighted by Gasteiger charge is -2.11. The van der Waals surface area contributed by atoms with Gasteiger partial charge in [0.15, 0.2) is 4.34 Å². The molecule has 0 unspecified atom stereocenters. The van der Waals surface area contributed by atoms with Gasteiger partial charge in [0, 0.05) is 13.2 Å². The maximum Gasteiger partial charge on any atom is 0.230 e. The number of aromatic nitrogens is 2. The lowest BCUT2D eigenvalue weighted by Crippen LogP contribution is -2.36. The largest absolute Gasteiger partial charge is 0.383 e. The highest BCUT2D eigenvalue weighted by atomic mass is 35.5. The quantitative estimate of drug-likeness (QED) is 0.693. The minimum Gasteiger partial charge on any atom is -0.383 e. The summed E-state index contributed by atoms with van der Waals surface area (Å²) in [6.07, 6.45) is 0. The molecule has 1 amide bonds. The predicted octanol–water partition coefficient (Wildman–Crippen LogP) is 3.18. The first-order valence-electron chi connectivity index (χ1n) is 6.84. The van der Waals surface area contributed by atoms with E-state index in [4.69, 9.17) is 16.3 Å². The van der Waals surface area contributed by atoms with E-state index in [1.807, 2.05) is 25.1 Å². The zero-order chi connectivity index (χ0) is 16.7. The van der Waals surface area contributed by atoms with Gasteiger partial charge in [-0.1, -0.05) is 46.8 Å². The standard InChI is InChI=1S/C14H17ClN4O2S2/c1-9(7-21-2)16-12(20)8-22-14-19-18-13(23-14)17-11-6-4-3-5-10(11)15/h3-6,9H,7-8H2,1-2H3,(H,16,20)(H,17,18)/t9-/m1/s1. The van der Waals surface area contributed by atoms with Gasteiger partial charge >= 0.3 is 0 Å². The molecule has 6 nitrogen and oxygen atoms in total. The first-order chi connectivity index (χ1) is 11.1. The number of hydrogen-bond acceptors (Lipinski definition) is 7. The lowest BCUT2D eigenvalue weighted by atomic mass is 10.3. The van der Waals surface area contributed by atoms with Crippen molar-refractivity contribution >= 4 is 51.4 Å². The van der Waals surface area contributed by atoms with Crippen LogP contribution in [0.25, 0.3) is 0 Å². The van der Waals surface area contributed by atoms with E-state index < -0.39 is 0 Å². The van der Waals surface area contributed by atoms with Crippen LogP contribution < -0.4 is 10.6 Å². The number of para-hydroxylation sites is 1. The highest BCUT2D eigenvalue weighted by molar-refractivity contribution is 8.01. The third kappa shape index (κ3) is 5.98. The summed E-state index contributed by atoms with van der Waals surface area (Å²) in [7, 11) is 1.60. The molecule has 23 heavy (non-hydrogen) atoms. The number of nitrogens with zero attached hydrogens (tertiary/aromatic N) is 2. The predicted molar refractivity (Wildman–Crippen MR) is 94.8 cm³/mol. The summed E-state index contributed by atoms with van der Waals surface area (Å²) in [4.78, 5) is 11.8. The number of halogens is 1. The van der Waals surface area contributed by atoms with Crippen LogP contribution in [0.15, 0.2) is 28.6 Å². The molecule has 0 saturated carbocycles. The van der Waals surface area contributed by atoms with Gasteiger partial charge in [0.05, 0.1) is 23.1 Å². The Balaban J connectivity index is 1.83. The number of amides is 1. The van der Waals surface area contributed by atoms with Crippen LogP contribution in [0, 0.1) is 0 Å². The van der Waals surface area contributed by atoms with E-state index in [0.29, 0.717) is 21.1 Å². The Labute approximate surface area is 148 Å². The van der Waals surface area contributed by atoms with Crippen molar-refractivity contribution in [2.24, 2.45) is 0 Å². The van der Waals surface area contributed by atoms with Gasteiger partial charge in [0.2, 0.25) is 11.0 Å². The number of methoxy groups -OCH3 is 1. The maximum atomic E-state index is 11.8. The van der Waals surface area contributed by atoms with Gasteiger partial charge < -0.3 is 15.4 Å². The van der Waals surface area contributed by atoms with Crippen molar-refractivity contribution in [2.75, 3.05) is 24.8 Å². The number of ether oxygens (including phenoxy) is 1. The van der Waals surface area contributed by atoms with E-state index >= 15 is 0 Å². The van der Waals surface area contributed by atoms with Gasteiger partial charge in [-0.25, -0.2) is 0 Å². The normalized spacial score (nSPS) is 12.0. The van der Waals surface area contributed by atoms with Crippen LogP contribution in [0.2, 0.25) is 5.02 Å². The van der Waals surface area contributed by atoms with Crippen molar-refractivity contribution in [1.29, 1.82) is 0 Å². The summed E-state index contributed by atoms with van der Waals surface area (Å²) >= 11 is 8.80. The van der Waals surface area contributed by atoms with E-state index in [2.05, 4.69) is 20.8 Å². The molecule has 0 bridgehead atoms. The minimum absolute atomic E-state index is 0.0139. The zero-order valence-corrected chi connectivity index (χ0v) is 15.1. The van der Waals surface area contributed by atoms with Crippen LogP contribution in [0.3, 0.4) is 0 Å². The van der Waals surface area contributed by atoms with E-state index in [1.165, 1.54) is 23.1 Å². The maximum absolute atomic E-state index is 11.8. The highest BCUT2D eigenvalue weighted by Gasteiger charge is 2.11. The summed E-state index contributed by atoms with van der Waals surface area (Å²) in [5, 5.41) is 15.3. The molecule has 1 atom stereocenters. The smallest absolute Gasteiger partial charge is 0.230 e. The van der Waals surface area contributed by atoms with Crippen molar-refractivity contribution in [3.8, 4) is 0 Å². The van der Waals surface area contributed by atoms with Crippen molar-refractivity contribution in [2.45, 2.75) is 17.3 Å². The van der Waals surface area contributed by atoms with Crippen LogP contribution in [0.4, 0.5) is 10.8 Å². The average molecular weight is 373 g/mol. The fourth-order valence-corrected chi connectivity index (χ4v) is 3.49. The van der Waals surface area contributed by atoms with Gasteiger partial charge in [0.1, 0.15) is 0 Å². The van der Waals surface area contributed by atoms with E-state index in [9.17, 15) is 4.79 Å². The van der Waals surface area contributed by atoms with Crippen molar-refractivity contribution in [1.82, 2.24) is 15.5 Å². The van der Waals surface area contributed by atoms with Crippen LogP contribution in [0.1, 0.15) is 6.92 Å². The monoisotopic (exact) mass is 372 g/mol. The molecule has 0 radical (unpaired) electrons. The van der Waals surface area contributed by atoms with Crippen molar-refractivity contribution in [3.63, 3.8) is 0 Å². The Morgan fingerprint density at radius 3 is 2.96 bits per heavy atom. The second-order valence-corrected chi connectivity index (χ2v) is 7.30. The summed E-state index contributed by atoms with van der Waals surface area (Å²) in [6, 6.07) is 7.39. The van der Waals surface area contributed by atoms with Gasteiger partial charge in [-0.3, -0.25) is 4.79 Å². The topological polar surface area (TPSA) is 76.1 Å². The number of rotatable bonds is 8. The van der Waals surface area contributed by atoms with E-state index in [-0.39, 0.29) is 17.7 Å². The molecule has 124 valence electrons. The van der Waals surface area contributed by atoms with Gasteiger partial charge in [-0.05, 0) is 19.1 Å². The van der Waals surface area contributed by atoms with Crippen molar-refractivity contribution < 1.29 is 9.53 Å². The molecule has 1 heterocycles. The van der Waals surface area contributed by atoms with E-state index in [0.717, 1.165) is 5.69 Å². The van der Waals surface area contributed by atoms with Crippen LogP contribution >= 0.6 is 34.7 Å². The number of anilines is 2. The van der Waals surface area contributed by atoms with Crippen LogP contribution in [-0.4, -0.2) is 41.6 Å². The molecule has 0 saturated heterocycles. The Bertz CT molecular complexity index is 653. The Kier molecular flexibility index (Phi) is 7.10. The lowest BCUT2D eigenvalue weighted by molar-refractivity contribution is -0.119. The van der Waals surface area contributed by atoms with E-state index in [1.54, 1.807) is 13.2 Å². The molecular formula is C14H17ClN4O2S2. The van der Waals surface area contributed by atoms with Gasteiger partial charge in [0.25, 0.3) is 0 Å². The molecule has 2 rings (SSSR count). The number of nitrogens with one attached hydrogen (secondary N) is 2. The van der Waals surface area contributed by atoms with Crippen LogP contribution in [-0.2, 0) is 9.53 Å². The first-order valence-corrected chi connectivity index (χ1v) is 9.02. The molecule has 0 aliphatic rings. The third-order valence-electron chi connectivity index (χ3n) is 2.67. The molecule has 0 spiro atoms. The molecule has 0 fully saturated rings. The second kappa shape index (κ2) is 9.07. The molecule has 1 aromatic carbocycles. The molecule has 2 N–H and O–H groups in total. The number of thioether (sulfide) groups is 1. The number of hydrogen-bond donors (Lipinski definition) is 2. The summed E-state index contributed by atoms with van der Waals surface area (Å²) < 4.78 is 5.69. The fraction of sp³-hybridized carbons (Fsp3) is 0.357. The molecule has 1 aromatic heterocycles. The Morgan fingerprint density at radius 2 is 2.22 bits per heavy atom. The summed E-state index contributed by atoms with van der Waals surface area (Å²) in [6.45, 7) is 2.38. The Hall–Kier alpha value is -1.35.